The zero-order valence-electron chi connectivity index (χ0n) is 15.6. The minimum atomic E-state index is -1.69. The van der Waals surface area contributed by atoms with Crippen LogP contribution in [0.25, 0.3) is 0 Å². The van der Waals surface area contributed by atoms with Crippen molar-refractivity contribution < 1.29 is 19.1 Å². The van der Waals surface area contributed by atoms with Crippen LogP contribution in [0.2, 0.25) is 0 Å². The van der Waals surface area contributed by atoms with Gasteiger partial charge in [-0.1, -0.05) is 25.5 Å². The molecule has 148 valence electrons. The molecule has 4 rings (SSSR count). The molecule has 27 heavy (non-hydrogen) atoms. The normalized spacial score (nSPS) is 51.3. The summed E-state index contributed by atoms with van der Waals surface area (Å²) in [7, 11) is 0. The van der Waals surface area contributed by atoms with Crippen molar-refractivity contribution >= 4 is 34.8 Å². The molecule has 7 atom stereocenters. The predicted octanol–water partition coefficient (Wildman–Crippen LogP) is 4.14. The summed E-state index contributed by atoms with van der Waals surface area (Å²) in [5.74, 6) is -0.822. The fourth-order valence-corrected chi connectivity index (χ4v) is 7.95. The first-order valence-electron chi connectivity index (χ1n) is 9.63. The van der Waals surface area contributed by atoms with Crippen molar-refractivity contribution in [3.8, 4) is 0 Å². The number of ketones is 2. The fraction of sp³-hybridized carbons (Fsp3) is 0.714. The van der Waals surface area contributed by atoms with Crippen LogP contribution < -0.4 is 0 Å². The molecule has 0 spiro atoms. The van der Waals surface area contributed by atoms with Crippen molar-refractivity contribution in [1.82, 2.24) is 0 Å². The second kappa shape index (κ2) is 5.90. The Morgan fingerprint density at radius 2 is 2.04 bits per heavy atom. The molecule has 3 fully saturated rings. The molecule has 0 saturated heterocycles. The van der Waals surface area contributed by atoms with E-state index < -0.39 is 39.1 Å². The summed E-state index contributed by atoms with van der Waals surface area (Å²) in [6.07, 6.45) is 7.81. The molecule has 0 aromatic carbocycles. The van der Waals surface area contributed by atoms with E-state index in [1.165, 1.54) is 0 Å². The first kappa shape index (κ1) is 19.6. The Morgan fingerprint density at radius 3 is 2.70 bits per heavy atom. The van der Waals surface area contributed by atoms with Crippen molar-refractivity contribution in [3.05, 3.63) is 23.8 Å². The monoisotopic (exact) mass is 414 g/mol. The molecule has 1 N–H and O–H groups in total. The molecule has 0 unspecified atom stereocenters. The maximum Gasteiger partial charge on any atom is 0.195 e. The lowest BCUT2D eigenvalue weighted by Gasteiger charge is -2.63. The predicted molar refractivity (Wildman–Crippen MR) is 103 cm³/mol. The molecule has 4 aliphatic rings. The highest BCUT2D eigenvalue weighted by Gasteiger charge is 2.72. The molecule has 3 nitrogen and oxygen atoms in total. The zero-order chi connectivity index (χ0) is 19.8. The minimum absolute atomic E-state index is 0.0186. The molecule has 0 heterocycles. The quantitative estimate of drug-likeness (QED) is 0.690. The van der Waals surface area contributed by atoms with Crippen molar-refractivity contribution in [2.24, 2.45) is 22.7 Å². The maximum absolute atomic E-state index is 13.2. The first-order valence-corrected chi connectivity index (χ1v) is 10.4. The van der Waals surface area contributed by atoms with E-state index in [9.17, 15) is 19.1 Å². The van der Waals surface area contributed by atoms with Crippen LogP contribution in [0, 0.1) is 22.7 Å². The van der Waals surface area contributed by atoms with E-state index in [1.54, 1.807) is 12.2 Å². The lowest BCUT2D eigenvalue weighted by atomic mass is 9.46. The van der Waals surface area contributed by atoms with Crippen LogP contribution >= 0.6 is 23.2 Å². The average molecular weight is 415 g/mol. The molecule has 0 aromatic rings. The number of allylic oxidation sites excluding steroid dienone is 4. The number of alkyl halides is 3. The van der Waals surface area contributed by atoms with Gasteiger partial charge in [-0.05, 0) is 56.1 Å². The third-order valence-electron chi connectivity index (χ3n) is 8.33. The number of halogens is 3. The molecular weight excluding hydrogens is 390 g/mol. The molecule has 6 heteroatoms. The van der Waals surface area contributed by atoms with Gasteiger partial charge in [-0.15, -0.1) is 23.2 Å². The third kappa shape index (κ3) is 2.18. The Labute approximate surface area is 169 Å². The Hall–Kier alpha value is -0.710. The van der Waals surface area contributed by atoms with Crippen LogP contribution in [0.4, 0.5) is 4.39 Å². The van der Waals surface area contributed by atoms with E-state index in [1.807, 2.05) is 19.9 Å². The maximum atomic E-state index is 13.2. The topological polar surface area (TPSA) is 54.4 Å². The van der Waals surface area contributed by atoms with E-state index >= 15 is 0 Å². The highest BCUT2D eigenvalue weighted by Crippen LogP contribution is 2.71. The fourth-order valence-electron chi connectivity index (χ4n) is 6.72. The number of fused-ring (bicyclic) bond motifs is 5. The van der Waals surface area contributed by atoms with Crippen LogP contribution in [0.15, 0.2) is 23.8 Å². The van der Waals surface area contributed by atoms with Crippen LogP contribution in [-0.4, -0.2) is 39.2 Å². The second-order valence-corrected chi connectivity index (χ2v) is 10.3. The van der Waals surface area contributed by atoms with Crippen molar-refractivity contribution in [2.45, 2.75) is 61.8 Å². The van der Waals surface area contributed by atoms with Crippen LogP contribution in [0.1, 0.15) is 46.0 Å². The van der Waals surface area contributed by atoms with Gasteiger partial charge in [-0.25, -0.2) is 4.39 Å². The van der Waals surface area contributed by atoms with Gasteiger partial charge in [-0.3, -0.25) is 9.59 Å². The number of hydrogen-bond donors (Lipinski definition) is 1. The van der Waals surface area contributed by atoms with Gasteiger partial charge < -0.3 is 5.11 Å². The summed E-state index contributed by atoms with van der Waals surface area (Å²) < 4.78 is 13.2. The zero-order valence-corrected chi connectivity index (χ0v) is 17.1. The van der Waals surface area contributed by atoms with Gasteiger partial charge in [0.25, 0.3) is 0 Å². The average Bonchev–Trinajstić information content (AvgIpc) is 2.88. The minimum Gasteiger partial charge on any atom is -0.381 e. The number of hydrogen-bond acceptors (Lipinski definition) is 3. The molecule has 4 aliphatic carbocycles. The summed E-state index contributed by atoms with van der Waals surface area (Å²) in [6.45, 7) is 2.74. The molecular formula is C21H25Cl2FO3. The lowest BCUT2D eigenvalue weighted by Crippen LogP contribution is -2.67. The van der Waals surface area contributed by atoms with E-state index in [-0.39, 0.29) is 24.0 Å². The van der Waals surface area contributed by atoms with Crippen molar-refractivity contribution in [2.75, 3.05) is 6.67 Å². The van der Waals surface area contributed by atoms with Gasteiger partial charge in [0.2, 0.25) is 0 Å². The SMILES string of the molecule is C[C@]12C=CC(=O)C=C1CC[C@H]1[C@@H]3CC[C@](O)(C(=O)CF)[C@@]3(C)C[C@H](Cl)[C@@]12Cl. The Balaban J connectivity index is 1.81. The summed E-state index contributed by atoms with van der Waals surface area (Å²) in [4.78, 5) is 23.4. The molecule has 0 radical (unpaired) electrons. The summed E-state index contributed by atoms with van der Waals surface area (Å²) in [5, 5.41) is 10.7. The van der Waals surface area contributed by atoms with Crippen LogP contribution in [-0.2, 0) is 9.59 Å². The molecule has 3 saturated carbocycles. The van der Waals surface area contributed by atoms with Gasteiger partial charge >= 0.3 is 0 Å². The van der Waals surface area contributed by atoms with E-state index in [2.05, 4.69) is 0 Å². The van der Waals surface area contributed by atoms with E-state index in [0.29, 0.717) is 12.8 Å². The first-order chi connectivity index (χ1) is 12.5. The number of carbonyl (C=O) groups excluding carboxylic acids is 2. The van der Waals surface area contributed by atoms with Crippen molar-refractivity contribution in [3.63, 3.8) is 0 Å². The second-order valence-electron chi connectivity index (χ2n) is 9.17. The van der Waals surface area contributed by atoms with Gasteiger partial charge in [-0.2, -0.15) is 0 Å². The molecule has 0 aromatic heterocycles. The number of Topliss-reactive ketones (excluding diaryl/α,β-unsaturated/α-hetero) is 1. The Morgan fingerprint density at radius 1 is 1.33 bits per heavy atom. The Bertz CT molecular complexity index is 779. The number of carbonyl (C=O) groups is 2. The molecule has 0 aliphatic heterocycles. The van der Waals surface area contributed by atoms with Gasteiger partial charge in [0, 0.05) is 10.8 Å². The lowest BCUT2D eigenvalue weighted by molar-refractivity contribution is -0.159. The van der Waals surface area contributed by atoms with Gasteiger partial charge in [0.05, 0.1) is 10.3 Å². The van der Waals surface area contributed by atoms with E-state index in [0.717, 1.165) is 18.4 Å². The number of aliphatic hydroxyl groups is 1. The summed E-state index contributed by atoms with van der Waals surface area (Å²) in [5.41, 5.74) is -2.03. The van der Waals surface area contributed by atoms with Crippen molar-refractivity contribution in [1.29, 1.82) is 0 Å². The van der Waals surface area contributed by atoms with E-state index in [4.69, 9.17) is 23.2 Å². The largest absolute Gasteiger partial charge is 0.381 e. The third-order valence-corrected chi connectivity index (χ3v) is 9.88. The smallest absolute Gasteiger partial charge is 0.195 e. The highest BCUT2D eigenvalue weighted by molar-refractivity contribution is 6.34. The molecule has 0 amide bonds. The molecule has 0 bridgehead atoms. The van der Waals surface area contributed by atoms with Crippen LogP contribution in [0.3, 0.4) is 0 Å². The summed E-state index contributed by atoms with van der Waals surface area (Å²) in [6, 6.07) is 0. The summed E-state index contributed by atoms with van der Waals surface area (Å²) >= 11 is 14.3. The van der Waals surface area contributed by atoms with Crippen LogP contribution in [0.5, 0.6) is 0 Å². The van der Waals surface area contributed by atoms with Gasteiger partial charge in [0.15, 0.2) is 18.2 Å². The standard InChI is InChI=1S/C21H25Cl2FO3/c1-18-7-5-13(25)9-12(18)3-4-15-14-6-8-20(27,17(26)11-24)19(14,2)10-16(22)21(15,18)23/h5,7,9,14-16,27H,3-4,6,8,10-11H2,1-2H3/t14-,15-,16-,18-,19-,20-,21-/m0/s1. The number of rotatable bonds is 2. The van der Waals surface area contributed by atoms with Gasteiger partial charge in [0.1, 0.15) is 5.60 Å². The Kier molecular flexibility index (Phi) is 4.28. The highest BCUT2D eigenvalue weighted by atomic mass is 35.5.